The fourth-order valence-corrected chi connectivity index (χ4v) is 3.14. The van der Waals surface area contributed by atoms with Gasteiger partial charge in [0, 0.05) is 23.3 Å². The number of halogens is 1. The summed E-state index contributed by atoms with van der Waals surface area (Å²) in [6.07, 6.45) is 3.05. The number of thioether (sulfide) groups is 1. The van der Waals surface area contributed by atoms with Gasteiger partial charge in [-0.05, 0) is 47.2 Å². The van der Waals surface area contributed by atoms with E-state index in [-0.39, 0.29) is 5.91 Å². The number of carbonyl (C=O) groups is 1. The van der Waals surface area contributed by atoms with E-state index in [9.17, 15) is 4.79 Å². The molecular formula is C14H20BrNOS. The molecule has 0 bridgehead atoms. The van der Waals surface area contributed by atoms with E-state index >= 15 is 0 Å². The molecule has 0 saturated carbocycles. The monoisotopic (exact) mass is 329 g/mol. The van der Waals surface area contributed by atoms with Gasteiger partial charge in [-0.2, -0.15) is 11.8 Å². The van der Waals surface area contributed by atoms with Crippen molar-refractivity contribution in [3.8, 4) is 0 Å². The zero-order chi connectivity index (χ0) is 13.7. The Hall–Kier alpha value is -0.480. The van der Waals surface area contributed by atoms with Gasteiger partial charge < -0.3 is 4.90 Å². The summed E-state index contributed by atoms with van der Waals surface area (Å²) in [6, 6.07) is 6.10. The zero-order valence-corrected chi connectivity index (χ0v) is 13.8. The quantitative estimate of drug-likeness (QED) is 0.814. The molecule has 4 heteroatoms. The van der Waals surface area contributed by atoms with E-state index in [0.717, 1.165) is 27.8 Å². The van der Waals surface area contributed by atoms with Gasteiger partial charge in [0.05, 0.1) is 5.56 Å². The molecule has 1 aromatic rings. The molecule has 18 heavy (non-hydrogen) atoms. The molecule has 0 spiro atoms. The Morgan fingerprint density at radius 2 is 2.17 bits per heavy atom. The SMILES string of the molecule is CCC(CSC)N(C)C(=O)c1cccc(C)c1Br. The van der Waals surface area contributed by atoms with Crippen molar-refractivity contribution >= 4 is 33.6 Å². The van der Waals surface area contributed by atoms with Crippen LogP contribution >= 0.6 is 27.7 Å². The molecule has 0 aliphatic carbocycles. The van der Waals surface area contributed by atoms with Crippen molar-refractivity contribution in [1.29, 1.82) is 0 Å². The van der Waals surface area contributed by atoms with Gasteiger partial charge in [-0.15, -0.1) is 0 Å². The summed E-state index contributed by atoms with van der Waals surface area (Å²) in [7, 11) is 1.89. The van der Waals surface area contributed by atoms with Crippen LogP contribution in [0.25, 0.3) is 0 Å². The first-order chi connectivity index (χ1) is 8.52. The number of aryl methyl sites for hydroxylation is 1. The number of hydrogen-bond acceptors (Lipinski definition) is 2. The van der Waals surface area contributed by atoms with E-state index in [1.165, 1.54) is 0 Å². The van der Waals surface area contributed by atoms with Crippen molar-refractivity contribution < 1.29 is 4.79 Å². The summed E-state index contributed by atoms with van der Waals surface area (Å²) >= 11 is 5.28. The third-order valence-corrected chi connectivity index (χ3v) is 4.89. The lowest BCUT2D eigenvalue weighted by molar-refractivity contribution is 0.0742. The molecule has 1 amide bonds. The average Bonchev–Trinajstić information content (AvgIpc) is 2.37. The van der Waals surface area contributed by atoms with Crippen LogP contribution in [-0.4, -0.2) is 35.9 Å². The molecule has 0 N–H and O–H groups in total. The predicted octanol–water partition coefficient (Wildman–Crippen LogP) is 3.97. The Balaban J connectivity index is 2.95. The minimum atomic E-state index is 0.0893. The molecule has 0 fully saturated rings. The van der Waals surface area contributed by atoms with E-state index < -0.39 is 0 Å². The lowest BCUT2D eigenvalue weighted by Gasteiger charge is -2.27. The van der Waals surface area contributed by atoms with Crippen LogP contribution in [0.5, 0.6) is 0 Å². The number of benzene rings is 1. The minimum Gasteiger partial charge on any atom is -0.338 e. The highest BCUT2D eigenvalue weighted by Gasteiger charge is 2.21. The van der Waals surface area contributed by atoms with Crippen LogP contribution < -0.4 is 0 Å². The first-order valence-corrected chi connectivity index (χ1v) is 8.22. The molecular weight excluding hydrogens is 310 g/mol. The molecule has 1 unspecified atom stereocenters. The highest BCUT2D eigenvalue weighted by molar-refractivity contribution is 9.10. The van der Waals surface area contributed by atoms with Gasteiger partial charge in [-0.3, -0.25) is 4.79 Å². The van der Waals surface area contributed by atoms with Crippen molar-refractivity contribution in [2.75, 3.05) is 19.1 Å². The molecule has 100 valence electrons. The number of carbonyl (C=O) groups excluding carboxylic acids is 1. The summed E-state index contributed by atoms with van der Waals surface area (Å²) in [5.74, 6) is 1.06. The molecule has 0 radical (unpaired) electrons. The normalized spacial score (nSPS) is 12.3. The summed E-state index contributed by atoms with van der Waals surface area (Å²) in [4.78, 5) is 14.3. The van der Waals surface area contributed by atoms with Gasteiger partial charge in [-0.1, -0.05) is 19.1 Å². The van der Waals surface area contributed by atoms with Gasteiger partial charge in [0.25, 0.3) is 5.91 Å². The second-order valence-electron chi connectivity index (χ2n) is 4.37. The van der Waals surface area contributed by atoms with Crippen LogP contribution in [-0.2, 0) is 0 Å². The number of amides is 1. The molecule has 1 atom stereocenters. The fourth-order valence-electron chi connectivity index (χ4n) is 1.86. The fraction of sp³-hybridized carbons (Fsp3) is 0.500. The Kier molecular flexibility index (Phi) is 6.22. The molecule has 0 heterocycles. The van der Waals surface area contributed by atoms with Gasteiger partial charge in [0.1, 0.15) is 0 Å². The number of rotatable bonds is 5. The van der Waals surface area contributed by atoms with Crippen LogP contribution in [0.15, 0.2) is 22.7 Å². The van der Waals surface area contributed by atoms with E-state index in [4.69, 9.17) is 0 Å². The molecule has 0 saturated heterocycles. The average molecular weight is 330 g/mol. The van der Waals surface area contributed by atoms with Crippen LogP contribution in [0, 0.1) is 6.92 Å². The van der Waals surface area contributed by atoms with Crippen molar-refractivity contribution in [2.24, 2.45) is 0 Å². The maximum Gasteiger partial charge on any atom is 0.255 e. The molecule has 1 rings (SSSR count). The first-order valence-electron chi connectivity index (χ1n) is 6.04. The second-order valence-corrected chi connectivity index (χ2v) is 6.07. The highest BCUT2D eigenvalue weighted by atomic mass is 79.9. The van der Waals surface area contributed by atoms with Crippen molar-refractivity contribution in [3.63, 3.8) is 0 Å². The summed E-state index contributed by atoms with van der Waals surface area (Å²) in [5, 5.41) is 0. The molecule has 0 aliphatic heterocycles. The number of hydrogen-bond donors (Lipinski definition) is 0. The third kappa shape index (κ3) is 3.51. The van der Waals surface area contributed by atoms with Crippen molar-refractivity contribution in [2.45, 2.75) is 26.3 Å². The lowest BCUT2D eigenvalue weighted by atomic mass is 10.1. The Morgan fingerprint density at radius 3 is 2.72 bits per heavy atom. The predicted molar refractivity (Wildman–Crippen MR) is 83.4 cm³/mol. The van der Waals surface area contributed by atoms with E-state index in [0.29, 0.717) is 6.04 Å². The van der Waals surface area contributed by atoms with Crippen LogP contribution in [0.3, 0.4) is 0 Å². The lowest BCUT2D eigenvalue weighted by Crippen LogP contribution is -2.38. The van der Waals surface area contributed by atoms with Gasteiger partial charge in [0.15, 0.2) is 0 Å². The standard InChI is InChI=1S/C14H20BrNOS/c1-5-11(9-18-4)16(3)14(17)12-8-6-7-10(2)13(12)15/h6-8,11H,5,9H2,1-4H3. The van der Waals surface area contributed by atoms with Gasteiger partial charge >= 0.3 is 0 Å². The van der Waals surface area contributed by atoms with Gasteiger partial charge in [0.2, 0.25) is 0 Å². The second kappa shape index (κ2) is 7.19. The number of nitrogens with zero attached hydrogens (tertiary/aromatic N) is 1. The maximum atomic E-state index is 12.5. The van der Waals surface area contributed by atoms with E-state index in [1.54, 1.807) is 11.8 Å². The largest absolute Gasteiger partial charge is 0.338 e. The minimum absolute atomic E-state index is 0.0893. The topological polar surface area (TPSA) is 20.3 Å². The van der Waals surface area contributed by atoms with Gasteiger partial charge in [-0.25, -0.2) is 0 Å². The van der Waals surface area contributed by atoms with Crippen LogP contribution in [0.2, 0.25) is 0 Å². The third-order valence-electron chi connectivity index (χ3n) is 3.12. The van der Waals surface area contributed by atoms with Crippen LogP contribution in [0.4, 0.5) is 0 Å². The zero-order valence-electron chi connectivity index (χ0n) is 11.4. The summed E-state index contributed by atoms with van der Waals surface area (Å²) in [5.41, 5.74) is 1.84. The summed E-state index contributed by atoms with van der Waals surface area (Å²) in [6.45, 7) is 4.12. The molecule has 2 nitrogen and oxygen atoms in total. The molecule has 0 aliphatic rings. The van der Waals surface area contributed by atoms with Crippen LogP contribution in [0.1, 0.15) is 29.3 Å². The van der Waals surface area contributed by atoms with E-state index in [2.05, 4.69) is 29.1 Å². The Labute approximate surface area is 122 Å². The molecule has 0 aromatic heterocycles. The maximum absolute atomic E-state index is 12.5. The summed E-state index contributed by atoms with van der Waals surface area (Å²) < 4.78 is 0.904. The highest BCUT2D eigenvalue weighted by Crippen LogP contribution is 2.23. The van der Waals surface area contributed by atoms with Crippen molar-refractivity contribution in [3.05, 3.63) is 33.8 Å². The smallest absolute Gasteiger partial charge is 0.255 e. The Morgan fingerprint density at radius 1 is 1.50 bits per heavy atom. The van der Waals surface area contributed by atoms with Crippen molar-refractivity contribution in [1.82, 2.24) is 4.90 Å². The van der Waals surface area contributed by atoms with E-state index in [1.807, 2.05) is 37.1 Å². The molecule has 1 aromatic carbocycles. The first kappa shape index (κ1) is 15.6. The Bertz CT molecular complexity index is 422.